The van der Waals surface area contributed by atoms with Crippen molar-refractivity contribution < 1.29 is 14.5 Å². The maximum Gasteiger partial charge on any atom is 0.270 e. The van der Waals surface area contributed by atoms with E-state index in [9.17, 15) is 14.9 Å². The van der Waals surface area contributed by atoms with E-state index in [4.69, 9.17) is 4.74 Å². The van der Waals surface area contributed by atoms with E-state index in [0.29, 0.717) is 5.69 Å². The molecule has 8 nitrogen and oxygen atoms in total. The van der Waals surface area contributed by atoms with Gasteiger partial charge < -0.3 is 10.1 Å². The number of carbonyl (C=O) groups is 1. The number of nitrogens with one attached hydrogen (secondary N) is 1. The molecule has 0 aliphatic heterocycles. The predicted octanol–water partition coefficient (Wildman–Crippen LogP) is 1.59. The largest absolute Gasteiger partial charge is 0.496 e. The highest BCUT2D eigenvalue weighted by Crippen LogP contribution is 2.24. The number of anilines is 1. The molecule has 0 saturated heterocycles. The number of amides is 1. The van der Waals surface area contributed by atoms with E-state index < -0.39 is 10.8 Å². The van der Waals surface area contributed by atoms with E-state index in [2.05, 4.69) is 10.4 Å². The lowest BCUT2D eigenvalue weighted by Gasteiger charge is -2.07. The van der Waals surface area contributed by atoms with Crippen LogP contribution in [-0.2, 0) is 7.05 Å². The monoisotopic (exact) mass is 276 g/mol. The number of nitrogens with zero attached hydrogens (tertiary/aromatic N) is 3. The number of aromatic nitrogens is 2. The van der Waals surface area contributed by atoms with Crippen molar-refractivity contribution in [2.24, 2.45) is 7.05 Å². The summed E-state index contributed by atoms with van der Waals surface area (Å²) in [4.78, 5) is 22.3. The van der Waals surface area contributed by atoms with Crippen molar-refractivity contribution in [3.63, 3.8) is 0 Å². The van der Waals surface area contributed by atoms with E-state index >= 15 is 0 Å². The van der Waals surface area contributed by atoms with E-state index in [0.717, 1.165) is 0 Å². The molecule has 1 amide bonds. The third-order valence-corrected chi connectivity index (χ3v) is 2.60. The quantitative estimate of drug-likeness (QED) is 0.675. The van der Waals surface area contributed by atoms with Crippen LogP contribution < -0.4 is 10.1 Å². The van der Waals surface area contributed by atoms with Gasteiger partial charge in [-0.25, -0.2) is 0 Å². The average Bonchev–Trinajstić information content (AvgIpc) is 2.83. The molecule has 1 aromatic heterocycles. The van der Waals surface area contributed by atoms with Crippen LogP contribution in [0.15, 0.2) is 30.6 Å². The van der Waals surface area contributed by atoms with Crippen LogP contribution in [0.4, 0.5) is 11.4 Å². The fraction of sp³-hybridized carbons (Fsp3) is 0.167. The van der Waals surface area contributed by atoms with Crippen molar-refractivity contribution in [2.75, 3.05) is 12.4 Å². The van der Waals surface area contributed by atoms with E-state index in [1.54, 1.807) is 13.2 Å². The Morgan fingerprint density at radius 1 is 1.50 bits per heavy atom. The molecular weight excluding hydrogens is 264 g/mol. The second-order valence-electron chi connectivity index (χ2n) is 4.00. The van der Waals surface area contributed by atoms with Crippen LogP contribution in [0.25, 0.3) is 0 Å². The highest BCUT2D eigenvalue weighted by Gasteiger charge is 2.17. The van der Waals surface area contributed by atoms with E-state index in [-0.39, 0.29) is 17.0 Å². The van der Waals surface area contributed by atoms with Crippen LogP contribution in [0.1, 0.15) is 10.4 Å². The first-order valence-corrected chi connectivity index (χ1v) is 5.63. The number of aryl methyl sites for hydroxylation is 1. The first kappa shape index (κ1) is 13.5. The number of benzene rings is 1. The third kappa shape index (κ3) is 2.74. The Morgan fingerprint density at radius 3 is 2.80 bits per heavy atom. The summed E-state index contributed by atoms with van der Waals surface area (Å²) in [6, 6.07) is 3.83. The van der Waals surface area contributed by atoms with Gasteiger partial charge in [0.25, 0.3) is 11.6 Å². The van der Waals surface area contributed by atoms with Crippen molar-refractivity contribution in [3.8, 4) is 5.75 Å². The number of non-ortho nitro benzene ring substituents is 1. The van der Waals surface area contributed by atoms with Crippen LogP contribution in [0.5, 0.6) is 5.75 Å². The van der Waals surface area contributed by atoms with Crippen LogP contribution in [0.2, 0.25) is 0 Å². The number of nitro benzene ring substituents is 1. The highest BCUT2D eigenvalue weighted by atomic mass is 16.6. The molecule has 0 bridgehead atoms. The molecule has 0 fully saturated rings. The first-order chi connectivity index (χ1) is 9.51. The van der Waals surface area contributed by atoms with Crippen LogP contribution in [-0.4, -0.2) is 27.7 Å². The summed E-state index contributed by atoms with van der Waals surface area (Å²) < 4.78 is 6.57. The van der Waals surface area contributed by atoms with Gasteiger partial charge in [0.1, 0.15) is 5.75 Å². The van der Waals surface area contributed by atoms with Crippen molar-refractivity contribution in [3.05, 3.63) is 46.3 Å². The summed E-state index contributed by atoms with van der Waals surface area (Å²) in [6.45, 7) is 0. The fourth-order valence-corrected chi connectivity index (χ4v) is 1.67. The molecule has 1 aromatic carbocycles. The minimum Gasteiger partial charge on any atom is -0.496 e. The SMILES string of the molecule is COc1ccc([N+](=O)[O-])cc1C(=O)Nc1cnn(C)c1. The van der Waals surface area contributed by atoms with Crippen molar-refractivity contribution >= 4 is 17.3 Å². The molecule has 1 N–H and O–H groups in total. The van der Waals surface area contributed by atoms with Gasteiger partial charge in [0, 0.05) is 25.4 Å². The standard InChI is InChI=1S/C12H12N4O4/c1-15-7-8(6-13-15)14-12(17)10-5-9(16(18)19)3-4-11(10)20-2/h3-7H,1-2H3,(H,14,17). The van der Waals surface area contributed by atoms with Crippen molar-refractivity contribution in [1.29, 1.82) is 0 Å². The highest BCUT2D eigenvalue weighted by molar-refractivity contribution is 6.06. The zero-order valence-corrected chi connectivity index (χ0v) is 10.9. The summed E-state index contributed by atoms with van der Waals surface area (Å²) >= 11 is 0. The molecule has 0 spiro atoms. The zero-order chi connectivity index (χ0) is 14.7. The maximum absolute atomic E-state index is 12.1. The minimum absolute atomic E-state index is 0.0885. The molecule has 104 valence electrons. The number of methoxy groups -OCH3 is 1. The molecule has 8 heteroatoms. The number of rotatable bonds is 4. The zero-order valence-electron chi connectivity index (χ0n) is 10.9. The lowest BCUT2D eigenvalue weighted by Crippen LogP contribution is -2.13. The van der Waals surface area contributed by atoms with Gasteiger partial charge in [0.05, 0.1) is 29.5 Å². The molecular formula is C12H12N4O4. The molecule has 2 aromatic rings. The van der Waals surface area contributed by atoms with Gasteiger partial charge >= 0.3 is 0 Å². The Bertz CT molecular complexity index is 665. The number of hydrogen-bond acceptors (Lipinski definition) is 5. The summed E-state index contributed by atoms with van der Waals surface area (Å²) in [5.41, 5.74) is 0.402. The van der Waals surface area contributed by atoms with Crippen LogP contribution >= 0.6 is 0 Å². The number of nitro groups is 1. The Balaban J connectivity index is 2.32. The topological polar surface area (TPSA) is 99.3 Å². The lowest BCUT2D eigenvalue weighted by molar-refractivity contribution is -0.384. The van der Waals surface area contributed by atoms with Gasteiger partial charge in [0.15, 0.2) is 0 Å². The molecule has 0 aliphatic carbocycles. The second kappa shape index (κ2) is 5.39. The molecule has 0 unspecified atom stereocenters. The summed E-state index contributed by atoms with van der Waals surface area (Å²) in [5.74, 6) is -0.240. The van der Waals surface area contributed by atoms with E-state index in [1.165, 1.54) is 36.2 Å². The Labute approximate surface area is 114 Å². The maximum atomic E-state index is 12.1. The molecule has 20 heavy (non-hydrogen) atoms. The smallest absolute Gasteiger partial charge is 0.270 e. The van der Waals surface area contributed by atoms with Crippen molar-refractivity contribution in [2.45, 2.75) is 0 Å². The minimum atomic E-state index is -0.569. The normalized spacial score (nSPS) is 10.1. The van der Waals surface area contributed by atoms with Gasteiger partial charge in [-0.15, -0.1) is 0 Å². The summed E-state index contributed by atoms with van der Waals surface area (Å²) in [6.07, 6.45) is 3.09. The Morgan fingerprint density at radius 2 is 2.25 bits per heavy atom. The van der Waals surface area contributed by atoms with Crippen LogP contribution in [0.3, 0.4) is 0 Å². The second-order valence-corrected chi connectivity index (χ2v) is 4.00. The molecule has 0 atom stereocenters. The van der Waals surface area contributed by atoms with E-state index in [1.807, 2.05) is 0 Å². The number of hydrogen-bond donors (Lipinski definition) is 1. The molecule has 0 saturated carbocycles. The molecule has 1 heterocycles. The van der Waals surface area contributed by atoms with Gasteiger partial charge in [-0.2, -0.15) is 5.10 Å². The van der Waals surface area contributed by atoms with Crippen LogP contribution in [0, 0.1) is 10.1 Å². The average molecular weight is 276 g/mol. The Hall–Kier alpha value is -2.90. The predicted molar refractivity (Wildman–Crippen MR) is 70.8 cm³/mol. The molecule has 0 aliphatic rings. The summed E-state index contributed by atoms with van der Waals surface area (Å²) in [5, 5.41) is 17.3. The lowest BCUT2D eigenvalue weighted by atomic mass is 10.1. The summed E-state index contributed by atoms with van der Waals surface area (Å²) in [7, 11) is 3.10. The Kier molecular flexibility index (Phi) is 3.65. The fourth-order valence-electron chi connectivity index (χ4n) is 1.67. The molecule has 0 radical (unpaired) electrons. The first-order valence-electron chi connectivity index (χ1n) is 5.63. The third-order valence-electron chi connectivity index (χ3n) is 2.60. The van der Waals surface area contributed by atoms with Crippen molar-refractivity contribution in [1.82, 2.24) is 9.78 Å². The number of ether oxygens (including phenoxy) is 1. The van der Waals surface area contributed by atoms with Gasteiger partial charge in [-0.3, -0.25) is 19.6 Å². The molecule has 2 rings (SSSR count). The van der Waals surface area contributed by atoms with Gasteiger partial charge in [-0.1, -0.05) is 0 Å². The van der Waals surface area contributed by atoms with Gasteiger partial charge in [-0.05, 0) is 6.07 Å². The van der Waals surface area contributed by atoms with Gasteiger partial charge in [0.2, 0.25) is 0 Å². The number of carbonyl (C=O) groups excluding carboxylic acids is 1.